The Balaban J connectivity index is 2.62. The average molecular weight is 338 g/mol. The molecule has 6 heteroatoms. The highest BCUT2D eigenvalue weighted by Gasteiger charge is 2.12. The van der Waals surface area contributed by atoms with Crippen molar-refractivity contribution < 1.29 is 8.42 Å². The third kappa shape index (κ3) is 6.93. The van der Waals surface area contributed by atoms with E-state index in [9.17, 15) is 8.42 Å². The molecule has 0 heterocycles. The second-order valence-corrected chi connectivity index (χ2v) is 8.07. The van der Waals surface area contributed by atoms with Gasteiger partial charge in [0, 0.05) is 28.1 Å². The Bertz CT molecular complexity index is 532. The smallest absolute Gasteiger partial charge is 0.147 e. The summed E-state index contributed by atoms with van der Waals surface area (Å²) in [6.07, 6.45) is 3.50. The number of benzene rings is 1. The van der Waals surface area contributed by atoms with E-state index in [1.54, 1.807) is 6.07 Å². The van der Waals surface area contributed by atoms with E-state index in [0.29, 0.717) is 16.5 Å². The van der Waals surface area contributed by atoms with Crippen LogP contribution in [0.5, 0.6) is 0 Å². The lowest BCUT2D eigenvalue weighted by atomic mass is 10.0. The summed E-state index contributed by atoms with van der Waals surface area (Å²) in [6.45, 7) is 2.88. The van der Waals surface area contributed by atoms with Crippen molar-refractivity contribution >= 4 is 33.0 Å². The van der Waals surface area contributed by atoms with Crippen LogP contribution in [-0.4, -0.2) is 33.0 Å². The van der Waals surface area contributed by atoms with Gasteiger partial charge in [0.1, 0.15) is 9.84 Å². The SMILES string of the molecule is CCNC(CCCS(C)(=O)=O)Cc1ccc(Cl)cc1Cl. The average Bonchev–Trinajstić information content (AvgIpc) is 2.31. The van der Waals surface area contributed by atoms with Gasteiger partial charge in [-0.3, -0.25) is 0 Å². The van der Waals surface area contributed by atoms with E-state index < -0.39 is 9.84 Å². The number of likely N-dealkylation sites (N-methyl/N-ethyl adjacent to an activating group) is 1. The summed E-state index contributed by atoms with van der Waals surface area (Å²) in [7, 11) is -2.89. The molecule has 20 heavy (non-hydrogen) atoms. The molecule has 0 aliphatic heterocycles. The Morgan fingerprint density at radius 2 is 2.00 bits per heavy atom. The quantitative estimate of drug-likeness (QED) is 0.791. The Morgan fingerprint density at radius 3 is 2.55 bits per heavy atom. The van der Waals surface area contributed by atoms with E-state index in [2.05, 4.69) is 5.32 Å². The topological polar surface area (TPSA) is 46.2 Å². The van der Waals surface area contributed by atoms with E-state index >= 15 is 0 Å². The van der Waals surface area contributed by atoms with Gasteiger partial charge in [-0.1, -0.05) is 36.2 Å². The van der Waals surface area contributed by atoms with Crippen LogP contribution < -0.4 is 5.32 Å². The number of halogens is 2. The molecule has 0 aromatic heterocycles. The van der Waals surface area contributed by atoms with Crippen LogP contribution in [0.1, 0.15) is 25.3 Å². The summed E-state index contributed by atoms with van der Waals surface area (Å²) in [6, 6.07) is 5.70. The predicted octanol–water partition coefficient (Wildman–Crippen LogP) is 3.34. The molecule has 0 aliphatic rings. The number of sulfone groups is 1. The van der Waals surface area contributed by atoms with Crippen molar-refractivity contribution in [1.29, 1.82) is 0 Å². The summed E-state index contributed by atoms with van der Waals surface area (Å²) in [4.78, 5) is 0. The number of hydrogen-bond acceptors (Lipinski definition) is 3. The highest BCUT2D eigenvalue weighted by Crippen LogP contribution is 2.22. The van der Waals surface area contributed by atoms with Crippen LogP contribution in [0.25, 0.3) is 0 Å². The van der Waals surface area contributed by atoms with Crippen LogP contribution in [0.4, 0.5) is 0 Å². The van der Waals surface area contributed by atoms with Gasteiger partial charge < -0.3 is 5.32 Å². The standard InChI is InChI=1S/C14H21Cl2NO2S/c1-3-17-13(5-4-8-20(2,18)19)9-11-6-7-12(15)10-14(11)16/h6-7,10,13,17H,3-5,8-9H2,1-2H3. The zero-order chi connectivity index (χ0) is 15.2. The van der Waals surface area contributed by atoms with Crippen LogP contribution in [-0.2, 0) is 16.3 Å². The minimum Gasteiger partial charge on any atom is -0.314 e. The van der Waals surface area contributed by atoms with E-state index in [-0.39, 0.29) is 11.8 Å². The normalized spacial score (nSPS) is 13.4. The first-order chi connectivity index (χ1) is 9.31. The molecule has 1 N–H and O–H groups in total. The fourth-order valence-corrected chi connectivity index (χ4v) is 3.29. The second-order valence-electron chi connectivity index (χ2n) is 4.97. The van der Waals surface area contributed by atoms with Crippen molar-refractivity contribution in [3.05, 3.63) is 33.8 Å². The van der Waals surface area contributed by atoms with Gasteiger partial charge in [-0.05, 0) is 43.5 Å². The monoisotopic (exact) mass is 337 g/mol. The lowest BCUT2D eigenvalue weighted by molar-refractivity contribution is 0.484. The van der Waals surface area contributed by atoms with Gasteiger partial charge in [0.05, 0.1) is 0 Å². The Morgan fingerprint density at radius 1 is 1.30 bits per heavy atom. The largest absolute Gasteiger partial charge is 0.314 e. The highest BCUT2D eigenvalue weighted by atomic mass is 35.5. The molecule has 0 aliphatic carbocycles. The van der Waals surface area contributed by atoms with E-state index in [1.807, 2.05) is 19.1 Å². The Kier molecular flexibility index (Phi) is 7.30. The van der Waals surface area contributed by atoms with Crippen molar-refractivity contribution in [2.45, 2.75) is 32.2 Å². The lowest BCUT2D eigenvalue weighted by Crippen LogP contribution is -2.31. The zero-order valence-corrected chi connectivity index (χ0v) is 14.2. The number of nitrogens with one attached hydrogen (secondary N) is 1. The Hall–Kier alpha value is -0.290. The van der Waals surface area contributed by atoms with Gasteiger partial charge >= 0.3 is 0 Å². The van der Waals surface area contributed by atoms with Gasteiger partial charge in [0.15, 0.2) is 0 Å². The molecule has 3 nitrogen and oxygen atoms in total. The van der Waals surface area contributed by atoms with E-state index in [0.717, 1.165) is 24.9 Å². The molecule has 1 aromatic carbocycles. The van der Waals surface area contributed by atoms with Crippen molar-refractivity contribution in [2.75, 3.05) is 18.6 Å². The fraction of sp³-hybridized carbons (Fsp3) is 0.571. The lowest BCUT2D eigenvalue weighted by Gasteiger charge is -2.18. The van der Waals surface area contributed by atoms with Crippen molar-refractivity contribution in [3.63, 3.8) is 0 Å². The van der Waals surface area contributed by atoms with Crippen molar-refractivity contribution in [3.8, 4) is 0 Å². The maximum atomic E-state index is 11.2. The predicted molar refractivity (Wildman–Crippen MR) is 86.6 cm³/mol. The molecule has 1 unspecified atom stereocenters. The van der Waals surface area contributed by atoms with Gasteiger partial charge in [-0.2, -0.15) is 0 Å². The van der Waals surface area contributed by atoms with E-state index in [1.165, 1.54) is 6.26 Å². The molecule has 0 spiro atoms. The second kappa shape index (κ2) is 8.23. The highest BCUT2D eigenvalue weighted by molar-refractivity contribution is 7.90. The van der Waals surface area contributed by atoms with Crippen LogP contribution in [0.3, 0.4) is 0 Å². The third-order valence-electron chi connectivity index (χ3n) is 3.04. The minimum atomic E-state index is -2.89. The maximum absolute atomic E-state index is 11.2. The van der Waals surface area contributed by atoms with Crippen LogP contribution in [0.2, 0.25) is 10.0 Å². The summed E-state index contributed by atoms with van der Waals surface area (Å²) in [5.41, 5.74) is 1.03. The molecule has 1 atom stereocenters. The summed E-state index contributed by atoms with van der Waals surface area (Å²) in [5, 5.41) is 4.65. The molecule has 0 saturated carbocycles. The summed E-state index contributed by atoms with van der Waals surface area (Å²) < 4.78 is 22.3. The number of rotatable bonds is 8. The van der Waals surface area contributed by atoms with Crippen LogP contribution in [0.15, 0.2) is 18.2 Å². The van der Waals surface area contributed by atoms with Gasteiger partial charge in [-0.15, -0.1) is 0 Å². The molecule has 1 rings (SSSR count). The minimum absolute atomic E-state index is 0.223. The van der Waals surface area contributed by atoms with Crippen LogP contribution in [0, 0.1) is 0 Å². The van der Waals surface area contributed by atoms with Crippen molar-refractivity contribution in [2.24, 2.45) is 0 Å². The summed E-state index contributed by atoms with van der Waals surface area (Å²) in [5.74, 6) is 0.225. The fourth-order valence-electron chi connectivity index (χ4n) is 2.11. The zero-order valence-electron chi connectivity index (χ0n) is 11.8. The molecular formula is C14H21Cl2NO2S. The Labute approximate surface area is 131 Å². The van der Waals surface area contributed by atoms with Gasteiger partial charge in [0.25, 0.3) is 0 Å². The first-order valence-electron chi connectivity index (χ1n) is 6.67. The van der Waals surface area contributed by atoms with Crippen molar-refractivity contribution in [1.82, 2.24) is 5.32 Å². The molecule has 0 bridgehead atoms. The molecule has 1 aromatic rings. The molecular weight excluding hydrogens is 317 g/mol. The van der Waals surface area contributed by atoms with E-state index in [4.69, 9.17) is 23.2 Å². The van der Waals surface area contributed by atoms with Gasteiger partial charge in [-0.25, -0.2) is 8.42 Å². The first-order valence-corrected chi connectivity index (χ1v) is 9.48. The summed E-state index contributed by atoms with van der Waals surface area (Å²) >= 11 is 12.1. The maximum Gasteiger partial charge on any atom is 0.147 e. The molecule has 114 valence electrons. The molecule has 0 amide bonds. The molecule has 0 fully saturated rings. The van der Waals surface area contributed by atoms with Crippen LogP contribution >= 0.6 is 23.2 Å². The third-order valence-corrected chi connectivity index (χ3v) is 4.66. The first kappa shape index (κ1) is 17.8. The van der Waals surface area contributed by atoms with Gasteiger partial charge in [0.2, 0.25) is 0 Å². The number of hydrogen-bond donors (Lipinski definition) is 1. The molecule has 0 saturated heterocycles. The molecule has 0 radical (unpaired) electrons.